The summed E-state index contributed by atoms with van der Waals surface area (Å²) in [6.45, 7) is 7.16. The van der Waals surface area contributed by atoms with Gasteiger partial charge in [0.1, 0.15) is 18.2 Å². The Bertz CT molecular complexity index is 1710. The molecule has 8 nitrogen and oxygen atoms in total. The number of hydrogen-bond donors (Lipinski definition) is 0. The van der Waals surface area contributed by atoms with Crippen molar-refractivity contribution in [3.05, 3.63) is 101 Å². The summed E-state index contributed by atoms with van der Waals surface area (Å²) in [6, 6.07) is 22.1. The van der Waals surface area contributed by atoms with E-state index in [9.17, 15) is 18.8 Å². The molecule has 2 aliphatic heterocycles. The van der Waals surface area contributed by atoms with Gasteiger partial charge in [-0.05, 0) is 48.7 Å². The van der Waals surface area contributed by atoms with E-state index >= 15 is 0 Å². The van der Waals surface area contributed by atoms with Gasteiger partial charge in [-0.3, -0.25) is 19.3 Å². The van der Waals surface area contributed by atoms with Crippen LogP contribution in [0.25, 0.3) is 16.9 Å². The molecule has 1 aromatic heterocycles. The van der Waals surface area contributed by atoms with E-state index in [0.29, 0.717) is 37.7 Å². The number of aromatic nitrogens is 2. The highest BCUT2D eigenvalue weighted by molar-refractivity contribution is 8.00. The molecule has 4 aromatic rings. The van der Waals surface area contributed by atoms with Crippen LogP contribution in [0.4, 0.5) is 10.2 Å². The lowest BCUT2D eigenvalue weighted by atomic mass is 9.99. The van der Waals surface area contributed by atoms with Crippen molar-refractivity contribution in [2.75, 3.05) is 43.4 Å². The standard InChI is InChI=1S/C34H34FN5O3S/c1-22-8-7-11-28(23(22)2)40-34-31(32(36-40)25-9-5-4-6-10-25)33(26-12-14-27(35)15-13-26)44-21-30(43)39(34)20-29(42)38-18-16-37(17-19-38)24(3)41/h4-15,33H,16-21H2,1-3H3/t33-/m0/s1. The number of hydrogen-bond acceptors (Lipinski definition) is 5. The molecule has 0 radical (unpaired) electrons. The van der Waals surface area contributed by atoms with E-state index in [2.05, 4.69) is 0 Å². The van der Waals surface area contributed by atoms with Gasteiger partial charge in [0.15, 0.2) is 0 Å². The molecule has 0 unspecified atom stereocenters. The monoisotopic (exact) mass is 611 g/mol. The Kier molecular flexibility index (Phi) is 8.27. The zero-order valence-electron chi connectivity index (χ0n) is 25.0. The second-order valence-corrected chi connectivity index (χ2v) is 12.3. The second kappa shape index (κ2) is 12.3. The Balaban J connectivity index is 1.54. The zero-order chi connectivity index (χ0) is 31.0. The van der Waals surface area contributed by atoms with Gasteiger partial charge in [0.05, 0.1) is 22.4 Å². The van der Waals surface area contributed by atoms with Gasteiger partial charge >= 0.3 is 0 Å². The summed E-state index contributed by atoms with van der Waals surface area (Å²) in [5.41, 5.74) is 6.11. The van der Waals surface area contributed by atoms with Crippen LogP contribution in [0, 0.1) is 19.7 Å². The molecule has 1 fully saturated rings. The van der Waals surface area contributed by atoms with Crippen molar-refractivity contribution < 1.29 is 18.8 Å². The van der Waals surface area contributed by atoms with E-state index in [1.54, 1.807) is 31.5 Å². The highest BCUT2D eigenvalue weighted by Crippen LogP contribution is 2.48. The van der Waals surface area contributed by atoms with Gasteiger partial charge in [0.2, 0.25) is 17.7 Å². The Labute approximate surface area is 260 Å². The SMILES string of the molecule is CC(=O)N1CCN(C(=O)CN2C(=O)CS[C@@H](c3ccc(F)cc3)c3c(-c4ccccc4)nn(-c4cccc(C)c4C)c32)CC1. The van der Waals surface area contributed by atoms with Crippen molar-refractivity contribution in [3.63, 3.8) is 0 Å². The fraction of sp³-hybridized carbons (Fsp3) is 0.294. The number of benzene rings is 3. The van der Waals surface area contributed by atoms with Crippen LogP contribution in [0.15, 0.2) is 72.8 Å². The molecule has 0 bridgehead atoms. The van der Waals surface area contributed by atoms with Crippen molar-refractivity contribution >= 4 is 35.3 Å². The molecule has 226 valence electrons. The number of piperazine rings is 1. The van der Waals surface area contributed by atoms with Crippen LogP contribution in [-0.4, -0.2) is 75.8 Å². The molecular formula is C34H34FN5O3S. The summed E-state index contributed by atoms with van der Waals surface area (Å²) in [5, 5.41) is 4.82. The van der Waals surface area contributed by atoms with E-state index in [-0.39, 0.29) is 41.1 Å². The van der Waals surface area contributed by atoms with Gasteiger partial charge in [0, 0.05) is 44.2 Å². The minimum atomic E-state index is -0.345. The molecular weight excluding hydrogens is 577 g/mol. The number of nitrogens with zero attached hydrogens (tertiary/aromatic N) is 5. The molecule has 1 saturated heterocycles. The predicted octanol–water partition coefficient (Wildman–Crippen LogP) is 5.16. The summed E-state index contributed by atoms with van der Waals surface area (Å²) < 4.78 is 15.9. The summed E-state index contributed by atoms with van der Waals surface area (Å²) in [7, 11) is 0. The Morgan fingerprint density at radius 2 is 1.59 bits per heavy atom. The number of amides is 3. The quantitative estimate of drug-likeness (QED) is 0.312. The molecule has 10 heteroatoms. The number of aryl methyl sites for hydroxylation is 1. The van der Waals surface area contributed by atoms with Crippen LogP contribution in [0.3, 0.4) is 0 Å². The lowest BCUT2D eigenvalue weighted by molar-refractivity contribution is -0.137. The average molecular weight is 612 g/mol. The van der Waals surface area contributed by atoms with Gasteiger partial charge in [-0.15, -0.1) is 11.8 Å². The number of rotatable bonds is 5. The minimum Gasteiger partial charge on any atom is -0.339 e. The molecule has 0 N–H and O–H groups in total. The first kappa shape index (κ1) is 29.6. The smallest absolute Gasteiger partial charge is 0.242 e. The normalized spacial score (nSPS) is 17.0. The third kappa shape index (κ3) is 5.61. The minimum absolute atomic E-state index is 0.0147. The van der Waals surface area contributed by atoms with E-state index in [0.717, 1.165) is 33.5 Å². The number of thioether (sulfide) groups is 1. The zero-order valence-corrected chi connectivity index (χ0v) is 25.8. The maximum atomic E-state index is 14.0. The molecule has 0 aliphatic carbocycles. The van der Waals surface area contributed by atoms with Crippen molar-refractivity contribution in [1.82, 2.24) is 19.6 Å². The number of carbonyl (C=O) groups excluding carboxylic acids is 3. The topological polar surface area (TPSA) is 78.8 Å². The molecule has 44 heavy (non-hydrogen) atoms. The van der Waals surface area contributed by atoms with E-state index in [1.807, 2.05) is 62.4 Å². The van der Waals surface area contributed by atoms with Crippen LogP contribution >= 0.6 is 11.8 Å². The lowest BCUT2D eigenvalue weighted by Gasteiger charge is -2.35. The van der Waals surface area contributed by atoms with Crippen LogP contribution in [-0.2, 0) is 14.4 Å². The Morgan fingerprint density at radius 3 is 2.27 bits per heavy atom. The predicted molar refractivity (Wildman–Crippen MR) is 170 cm³/mol. The molecule has 1 atom stereocenters. The maximum absolute atomic E-state index is 14.0. The maximum Gasteiger partial charge on any atom is 0.242 e. The van der Waals surface area contributed by atoms with Gasteiger partial charge in [0.25, 0.3) is 0 Å². The Hall–Kier alpha value is -4.44. The van der Waals surface area contributed by atoms with Crippen molar-refractivity contribution in [2.24, 2.45) is 0 Å². The number of fused-ring (bicyclic) bond motifs is 1. The first-order valence-electron chi connectivity index (χ1n) is 14.7. The van der Waals surface area contributed by atoms with Crippen LogP contribution in [0.5, 0.6) is 0 Å². The summed E-state index contributed by atoms with van der Waals surface area (Å²) in [4.78, 5) is 44.7. The highest BCUT2D eigenvalue weighted by Gasteiger charge is 2.38. The number of carbonyl (C=O) groups is 3. The largest absolute Gasteiger partial charge is 0.339 e. The average Bonchev–Trinajstić information content (AvgIpc) is 3.35. The van der Waals surface area contributed by atoms with Crippen LogP contribution < -0.4 is 4.90 Å². The van der Waals surface area contributed by atoms with Crippen molar-refractivity contribution in [1.29, 1.82) is 0 Å². The second-order valence-electron chi connectivity index (χ2n) is 11.2. The molecule has 3 amide bonds. The van der Waals surface area contributed by atoms with E-state index in [1.165, 1.54) is 30.8 Å². The van der Waals surface area contributed by atoms with Crippen molar-refractivity contribution in [2.45, 2.75) is 26.0 Å². The summed E-state index contributed by atoms with van der Waals surface area (Å²) in [5.74, 6) is -0.0781. The first-order chi connectivity index (χ1) is 21.2. The van der Waals surface area contributed by atoms with Gasteiger partial charge in [-0.25, -0.2) is 9.07 Å². The first-order valence-corrected chi connectivity index (χ1v) is 15.7. The van der Waals surface area contributed by atoms with Crippen LogP contribution in [0.1, 0.15) is 34.4 Å². The fourth-order valence-electron chi connectivity index (χ4n) is 5.87. The molecule has 2 aliphatic rings. The lowest BCUT2D eigenvalue weighted by Crippen LogP contribution is -2.53. The van der Waals surface area contributed by atoms with Crippen LogP contribution in [0.2, 0.25) is 0 Å². The highest BCUT2D eigenvalue weighted by atomic mass is 32.2. The molecule has 0 saturated carbocycles. The number of halogens is 1. The van der Waals surface area contributed by atoms with Gasteiger partial charge in [-0.2, -0.15) is 5.10 Å². The molecule has 6 rings (SSSR count). The fourth-order valence-corrected chi connectivity index (χ4v) is 7.07. The van der Waals surface area contributed by atoms with Crippen molar-refractivity contribution in [3.8, 4) is 16.9 Å². The molecule has 0 spiro atoms. The third-order valence-corrected chi connectivity index (χ3v) is 9.74. The third-order valence-electron chi connectivity index (χ3n) is 8.48. The summed E-state index contributed by atoms with van der Waals surface area (Å²) in [6.07, 6.45) is 0. The number of anilines is 1. The molecule has 3 heterocycles. The van der Waals surface area contributed by atoms with Gasteiger partial charge < -0.3 is 9.80 Å². The van der Waals surface area contributed by atoms with E-state index in [4.69, 9.17) is 5.10 Å². The van der Waals surface area contributed by atoms with Gasteiger partial charge in [-0.1, -0.05) is 54.6 Å². The van der Waals surface area contributed by atoms with E-state index < -0.39 is 0 Å². The summed E-state index contributed by atoms with van der Waals surface area (Å²) >= 11 is 1.45. The molecule has 3 aromatic carbocycles. The Morgan fingerprint density at radius 1 is 0.909 bits per heavy atom.